The first-order chi connectivity index (χ1) is 15.1. The third-order valence-electron chi connectivity index (χ3n) is 6.13. The van der Waals surface area contributed by atoms with Gasteiger partial charge in [0.05, 0.1) is 28.4 Å². The van der Waals surface area contributed by atoms with E-state index in [2.05, 4.69) is 69.2 Å². The van der Waals surface area contributed by atoms with Crippen molar-refractivity contribution in [3.63, 3.8) is 0 Å². The van der Waals surface area contributed by atoms with Gasteiger partial charge in [0.1, 0.15) is 0 Å². The van der Waals surface area contributed by atoms with Crippen LogP contribution in [0.3, 0.4) is 0 Å². The summed E-state index contributed by atoms with van der Waals surface area (Å²) in [6.07, 6.45) is 6.16. The van der Waals surface area contributed by atoms with Gasteiger partial charge in [0.15, 0.2) is 0 Å². The van der Waals surface area contributed by atoms with Gasteiger partial charge in [-0.15, -0.1) is 0 Å². The lowest BCUT2D eigenvalue weighted by atomic mass is 9.90. The molecule has 2 heterocycles. The molecule has 1 atom stereocenters. The van der Waals surface area contributed by atoms with Crippen LogP contribution < -0.4 is 5.69 Å². The van der Waals surface area contributed by atoms with Crippen LogP contribution in [0, 0.1) is 6.92 Å². The minimum atomic E-state index is -0.164. The molecule has 0 saturated heterocycles. The number of benzene rings is 3. The van der Waals surface area contributed by atoms with Gasteiger partial charge < -0.3 is 4.98 Å². The highest BCUT2D eigenvalue weighted by Gasteiger charge is 2.24. The number of imidazole rings is 1. The summed E-state index contributed by atoms with van der Waals surface area (Å²) in [5.41, 5.74) is 8.05. The number of hydrogen-bond donors (Lipinski definition) is 1. The van der Waals surface area contributed by atoms with Crippen molar-refractivity contribution in [1.82, 2.24) is 14.5 Å². The molecule has 0 radical (unpaired) electrons. The highest BCUT2D eigenvalue weighted by Crippen LogP contribution is 2.39. The second-order valence-corrected chi connectivity index (χ2v) is 8.84. The second-order valence-electron chi connectivity index (χ2n) is 7.92. The summed E-state index contributed by atoms with van der Waals surface area (Å²) >= 11 is 3.56. The first kappa shape index (κ1) is 18.3. The van der Waals surface area contributed by atoms with Crippen molar-refractivity contribution < 1.29 is 0 Å². The van der Waals surface area contributed by atoms with Crippen LogP contribution in [0.15, 0.2) is 82.2 Å². The highest BCUT2D eigenvalue weighted by atomic mass is 79.9. The van der Waals surface area contributed by atoms with Gasteiger partial charge >= 0.3 is 5.69 Å². The maximum Gasteiger partial charge on any atom is 0.331 e. The van der Waals surface area contributed by atoms with Crippen LogP contribution in [-0.4, -0.2) is 14.5 Å². The molecule has 3 aromatic carbocycles. The summed E-state index contributed by atoms with van der Waals surface area (Å²) in [5, 5.41) is 0.929. The Morgan fingerprint density at radius 1 is 1.03 bits per heavy atom. The molecule has 0 aliphatic heterocycles. The molecule has 0 amide bonds. The molecule has 1 aliphatic carbocycles. The molecule has 150 valence electrons. The number of para-hydroxylation sites is 1. The van der Waals surface area contributed by atoms with E-state index in [0.29, 0.717) is 0 Å². The number of hydrogen-bond acceptors (Lipinski definition) is 2. The van der Waals surface area contributed by atoms with Gasteiger partial charge in [-0.05, 0) is 53.4 Å². The van der Waals surface area contributed by atoms with Crippen molar-refractivity contribution in [1.29, 1.82) is 0 Å². The van der Waals surface area contributed by atoms with Crippen molar-refractivity contribution in [2.24, 2.45) is 0 Å². The molecule has 5 heteroatoms. The molecule has 5 aromatic rings. The van der Waals surface area contributed by atoms with Gasteiger partial charge in [0, 0.05) is 15.8 Å². The molecule has 6 rings (SSSR count). The van der Waals surface area contributed by atoms with Gasteiger partial charge in [-0.2, -0.15) is 0 Å². The van der Waals surface area contributed by atoms with Crippen LogP contribution in [-0.2, 0) is 0 Å². The van der Waals surface area contributed by atoms with Crippen molar-refractivity contribution in [2.45, 2.75) is 12.8 Å². The summed E-state index contributed by atoms with van der Waals surface area (Å²) < 4.78 is 2.74. The summed E-state index contributed by atoms with van der Waals surface area (Å²) in [6, 6.07) is 20.5. The Morgan fingerprint density at radius 3 is 2.77 bits per heavy atom. The Labute approximate surface area is 187 Å². The summed E-state index contributed by atoms with van der Waals surface area (Å²) in [7, 11) is 0. The van der Waals surface area contributed by atoms with E-state index < -0.39 is 0 Å². The SMILES string of the molecule is Cc1cccc2c1C=CC2c1ccccc1-n1c(=O)[nH]c2cnc3ccc(Br)cc3c21. The van der Waals surface area contributed by atoms with Gasteiger partial charge in [0.2, 0.25) is 0 Å². The fraction of sp³-hybridized carbons (Fsp3) is 0.0769. The number of aromatic amines is 1. The molecule has 1 unspecified atom stereocenters. The predicted octanol–water partition coefficient (Wildman–Crippen LogP) is 6.10. The number of nitrogens with zero attached hydrogens (tertiary/aromatic N) is 2. The average molecular weight is 468 g/mol. The van der Waals surface area contributed by atoms with E-state index in [1.54, 1.807) is 10.8 Å². The normalized spacial score (nSPS) is 15.1. The standard InChI is InChI=1S/C26H18BrN3O/c1-15-5-4-7-18-17(15)10-11-19(18)20-6-2-3-8-24(20)30-25-21-13-16(27)9-12-22(21)28-14-23(25)29-26(30)31/h2-14,19H,1H3,(H,29,31). The van der Waals surface area contributed by atoms with E-state index >= 15 is 0 Å². The van der Waals surface area contributed by atoms with E-state index in [0.717, 1.165) is 37.7 Å². The lowest BCUT2D eigenvalue weighted by Crippen LogP contribution is -2.17. The van der Waals surface area contributed by atoms with Gasteiger partial charge in [0.25, 0.3) is 0 Å². The average Bonchev–Trinajstić information content (AvgIpc) is 3.35. The number of aryl methyl sites for hydroxylation is 1. The third kappa shape index (κ3) is 2.73. The first-order valence-electron chi connectivity index (χ1n) is 10.2. The molecule has 4 nitrogen and oxygen atoms in total. The topological polar surface area (TPSA) is 50.7 Å². The number of rotatable bonds is 2. The summed E-state index contributed by atoms with van der Waals surface area (Å²) in [4.78, 5) is 20.7. The maximum atomic E-state index is 13.2. The number of aromatic nitrogens is 3. The zero-order valence-corrected chi connectivity index (χ0v) is 18.3. The molecule has 0 bridgehead atoms. The van der Waals surface area contributed by atoms with Gasteiger partial charge in [-0.3, -0.25) is 9.55 Å². The number of H-pyrrole nitrogens is 1. The zero-order chi connectivity index (χ0) is 21.1. The Hall–Kier alpha value is -3.44. The number of allylic oxidation sites excluding steroid dienone is 1. The van der Waals surface area contributed by atoms with Crippen LogP contribution in [0.5, 0.6) is 0 Å². The molecule has 1 N–H and O–H groups in total. The number of nitrogens with one attached hydrogen (secondary N) is 1. The van der Waals surface area contributed by atoms with Crippen LogP contribution in [0.4, 0.5) is 0 Å². The molecule has 0 saturated carbocycles. The highest BCUT2D eigenvalue weighted by molar-refractivity contribution is 9.10. The van der Waals surface area contributed by atoms with Gasteiger partial charge in [-0.1, -0.05) is 64.5 Å². The molecule has 0 spiro atoms. The van der Waals surface area contributed by atoms with Crippen molar-refractivity contribution in [3.8, 4) is 5.69 Å². The van der Waals surface area contributed by atoms with E-state index in [1.165, 1.54) is 16.7 Å². The Balaban J connectivity index is 1.66. The summed E-state index contributed by atoms with van der Waals surface area (Å²) in [5.74, 6) is 0.0998. The smallest absolute Gasteiger partial charge is 0.304 e. The lowest BCUT2D eigenvalue weighted by Gasteiger charge is -2.18. The fourth-order valence-corrected chi connectivity index (χ4v) is 5.07. The van der Waals surface area contributed by atoms with E-state index in [9.17, 15) is 4.79 Å². The maximum absolute atomic E-state index is 13.2. The van der Waals surface area contributed by atoms with E-state index in [1.807, 2.05) is 36.4 Å². The van der Waals surface area contributed by atoms with Crippen molar-refractivity contribution in [3.05, 3.63) is 110 Å². The monoisotopic (exact) mass is 467 g/mol. The minimum absolute atomic E-state index is 0.0998. The third-order valence-corrected chi connectivity index (χ3v) is 6.62. The molecule has 2 aromatic heterocycles. The predicted molar refractivity (Wildman–Crippen MR) is 129 cm³/mol. The Morgan fingerprint density at radius 2 is 1.87 bits per heavy atom. The summed E-state index contributed by atoms with van der Waals surface area (Å²) in [6.45, 7) is 2.14. The number of halogens is 1. The number of pyridine rings is 1. The number of fused-ring (bicyclic) bond motifs is 4. The van der Waals surface area contributed by atoms with Crippen LogP contribution in [0.25, 0.3) is 33.7 Å². The molecule has 1 aliphatic rings. The van der Waals surface area contributed by atoms with Crippen molar-refractivity contribution in [2.75, 3.05) is 0 Å². The van der Waals surface area contributed by atoms with E-state index in [-0.39, 0.29) is 11.6 Å². The lowest BCUT2D eigenvalue weighted by molar-refractivity contribution is 0.956. The molecule has 31 heavy (non-hydrogen) atoms. The Kier molecular flexibility index (Phi) is 4.02. The van der Waals surface area contributed by atoms with Gasteiger partial charge in [-0.25, -0.2) is 4.79 Å². The Bertz CT molecular complexity index is 1590. The zero-order valence-electron chi connectivity index (χ0n) is 16.8. The fourth-order valence-electron chi connectivity index (χ4n) is 4.71. The second kappa shape index (κ2) is 6.79. The van der Waals surface area contributed by atoms with E-state index in [4.69, 9.17) is 0 Å². The van der Waals surface area contributed by atoms with Crippen LogP contribution in [0.1, 0.15) is 28.2 Å². The molecular weight excluding hydrogens is 450 g/mol. The quantitative estimate of drug-likeness (QED) is 0.341. The largest absolute Gasteiger partial charge is 0.331 e. The molecule has 0 fully saturated rings. The van der Waals surface area contributed by atoms with Crippen LogP contribution in [0.2, 0.25) is 0 Å². The first-order valence-corrected chi connectivity index (χ1v) is 11.0. The van der Waals surface area contributed by atoms with Crippen LogP contribution >= 0.6 is 15.9 Å². The minimum Gasteiger partial charge on any atom is -0.304 e. The molecular formula is C26H18BrN3O. The van der Waals surface area contributed by atoms with Crippen molar-refractivity contribution >= 4 is 43.9 Å².